The molecule has 0 aromatic heterocycles. The Kier molecular flexibility index (Phi) is 3.47. The average Bonchev–Trinajstić information content (AvgIpc) is 2.32. The molecule has 2 rings (SSSR count). The minimum atomic E-state index is -0.584. The number of halogens is 1. The molecule has 18 heavy (non-hydrogen) atoms. The van der Waals surface area contributed by atoms with Crippen LogP contribution in [-0.4, -0.2) is 42.5 Å². The topological polar surface area (TPSA) is 49.6 Å². The Morgan fingerprint density at radius 1 is 1.44 bits per heavy atom. The Bertz CT molecular complexity index is 467. The number of nitrogens with zero attached hydrogens (tertiary/aromatic N) is 3. The van der Waals surface area contributed by atoms with E-state index in [2.05, 4.69) is 11.8 Å². The standard InChI is InChI=1S/C12H16FN3O2/c1-9-8-15(6-5-14(9)2)12-4-3-10(16(17)18)7-11(12)13/h3-4,7,9H,5-6,8H2,1-2H3. The average molecular weight is 253 g/mol. The molecule has 0 saturated carbocycles. The van der Waals surface area contributed by atoms with E-state index in [1.54, 1.807) is 0 Å². The number of rotatable bonds is 2. The maximum Gasteiger partial charge on any atom is 0.272 e. The van der Waals surface area contributed by atoms with Gasteiger partial charge in [0.15, 0.2) is 5.82 Å². The lowest BCUT2D eigenvalue weighted by atomic mass is 10.1. The summed E-state index contributed by atoms with van der Waals surface area (Å²) in [5.74, 6) is -0.527. The van der Waals surface area contributed by atoms with Crippen LogP contribution in [0.1, 0.15) is 6.92 Å². The predicted octanol–water partition coefficient (Wildman–Crippen LogP) is 1.87. The molecule has 1 fully saturated rings. The lowest BCUT2D eigenvalue weighted by Crippen LogP contribution is -2.50. The van der Waals surface area contributed by atoms with Crippen LogP contribution in [0.15, 0.2) is 18.2 Å². The van der Waals surface area contributed by atoms with Crippen LogP contribution in [0.5, 0.6) is 0 Å². The number of nitro benzene ring substituents is 1. The monoisotopic (exact) mass is 253 g/mol. The van der Waals surface area contributed by atoms with Crippen LogP contribution in [0.3, 0.4) is 0 Å². The van der Waals surface area contributed by atoms with Gasteiger partial charge in [0.05, 0.1) is 16.7 Å². The Balaban J connectivity index is 2.21. The SMILES string of the molecule is CC1CN(c2ccc([N+](=O)[O-])cc2F)CCN1C. The Morgan fingerprint density at radius 3 is 2.72 bits per heavy atom. The molecule has 0 bridgehead atoms. The second-order valence-corrected chi connectivity index (χ2v) is 4.67. The van der Waals surface area contributed by atoms with Gasteiger partial charge < -0.3 is 9.80 Å². The van der Waals surface area contributed by atoms with E-state index >= 15 is 0 Å². The second kappa shape index (κ2) is 4.89. The van der Waals surface area contributed by atoms with E-state index in [0.29, 0.717) is 11.7 Å². The maximum atomic E-state index is 13.9. The number of benzene rings is 1. The number of non-ortho nitro benzene ring substituents is 1. The van der Waals surface area contributed by atoms with E-state index in [9.17, 15) is 14.5 Å². The third-order valence-corrected chi connectivity index (χ3v) is 3.44. The van der Waals surface area contributed by atoms with Gasteiger partial charge in [0.1, 0.15) is 0 Å². The summed E-state index contributed by atoms with van der Waals surface area (Å²) in [6.07, 6.45) is 0. The third-order valence-electron chi connectivity index (χ3n) is 3.44. The molecular formula is C12H16FN3O2. The van der Waals surface area contributed by atoms with Crippen LogP contribution in [0.4, 0.5) is 15.8 Å². The van der Waals surface area contributed by atoms with Crippen molar-refractivity contribution in [1.82, 2.24) is 4.90 Å². The number of hydrogen-bond donors (Lipinski definition) is 0. The molecule has 1 atom stereocenters. The van der Waals surface area contributed by atoms with Crippen molar-refractivity contribution in [3.8, 4) is 0 Å². The summed E-state index contributed by atoms with van der Waals surface area (Å²) in [5.41, 5.74) is 0.235. The van der Waals surface area contributed by atoms with Crippen LogP contribution in [-0.2, 0) is 0 Å². The zero-order valence-electron chi connectivity index (χ0n) is 10.5. The minimum absolute atomic E-state index is 0.210. The molecule has 6 heteroatoms. The summed E-state index contributed by atoms with van der Waals surface area (Å²) in [7, 11) is 2.04. The molecule has 0 amide bonds. The second-order valence-electron chi connectivity index (χ2n) is 4.67. The number of piperazine rings is 1. The molecule has 0 aliphatic carbocycles. The first-order valence-electron chi connectivity index (χ1n) is 5.88. The van der Waals surface area contributed by atoms with Crippen molar-refractivity contribution < 1.29 is 9.31 Å². The van der Waals surface area contributed by atoms with Crippen molar-refractivity contribution in [2.75, 3.05) is 31.6 Å². The van der Waals surface area contributed by atoms with Crippen molar-refractivity contribution in [2.45, 2.75) is 13.0 Å². The smallest absolute Gasteiger partial charge is 0.272 e. The van der Waals surface area contributed by atoms with Gasteiger partial charge in [0, 0.05) is 31.7 Å². The first kappa shape index (κ1) is 12.8. The van der Waals surface area contributed by atoms with E-state index in [4.69, 9.17) is 0 Å². The van der Waals surface area contributed by atoms with Crippen LogP contribution in [0, 0.1) is 15.9 Å². The fraction of sp³-hybridized carbons (Fsp3) is 0.500. The molecule has 0 radical (unpaired) electrons. The molecule has 1 aliphatic rings. The van der Waals surface area contributed by atoms with E-state index in [0.717, 1.165) is 25.7 Å². The van der Waals surface area contributed by atoms with E-state index in [1.165, 1.54) is 12.1 Å². The molecule has 1 aromatic rings. The highest BCUT2D eigenvalue weighted by Gasteiger charge is 2.23. The predicted molar refractivity (Wildman–Crippen MR) is 67.4 cm³/mol. The van der Waals surface area contributed by atoms with Gasteiger partial charge in [-0.3, -0.25) is 10.1 Å². The quantitative estimate of drug-likeness (QED) is 0.596. The van der Waals surface area contributed by atoms with Gasteiger partial charge in [-0.25, -0.2) is 4.39 Å². The highest BCUT2D eigenvalue weighted by molar-refractivity contribution is 5.52. The molecule has 98 valence electrons. The van der Waals surface area contributed by atoms with Crippen LogP contribution >= 0.6 is 0 Å². The van der Waals surface area contributed by atoms with E-state index in [1.807, 2.05) is 11.9 Å². The first-order valence-corrected chi connectivity index (χ1v) is 5.88. The molecule has 1 saturated heterocycles. The number of anilines is 1. The van der Waals surface area contributed by atoms with E-state index < -0.39 is 10.7 Å². The van der Waals surface area contributed by atoms with Crippen molar-refractivity contribution >= 4 is 11.4 Å². The van der Waals surface area contributed by atoms with Gasteiger partial charge in [0.2, 0.25) is 0 Å². The Hall–Kier alpha value is -1.69. The lowest BCUT2D eigenvalue weighted by molar-refractivity contribution is -0.385. The van der Waals surface area contributed by atoms with Crippen molar-refractivity contribution in [3.63, 3.8) is 0 Å². The van der Waals surface area contributed by atoms with Crippen LogP contribution < -0.4 is 4.90 Å². The van der Waals surface area contributed by atoms with Gasteiger partial charge in [-0.1, -0.05) is 0 Å². The molecule has 5 nitrogen and oxygen atoms in total. The highest BCUT2D eigenvalue weighted by atomic mass is 19.1. The van der Waals surface area contributed by atoms with Crippen LogP contribution in [0.2, 0.25) is 0 Å². The summed E-state index contributed by atoms with van der Waals surface area (Å²) in [6, 6.07) is 4.17. The zero-order valence-corrected chi connectivity index (χ0v) is 10.5. The Morgan fingerprint density at radius 2 is 2.17 bits per heavy atom. The fourth-order valence-corrected chi connectivity index (χ4v) is 2.13. The highest BCUT2D eigenvalue weighted by Crippen LogP contribution is 2.25. The number of likely N-dealkylation sites (N-methyl/N-ethyl adjacent to an activating group) is 1. The first-order chi connectivity index (χ1) is 8.49. The minimum Gasteiger partial charge on any atom is -0.366 e. The summed E-state index contributed by atoms with van der Waals surface area (Å²) >= 11 is 0. The van der Waals surface area contributed by atoms with E-state index in [-0.39, 0.29) is 5.69 Å². The molecule has 1 unspecified atom stereocenters. The third kappa shape index (κ3) is 2.43. The normalized spacial score (nSPS) is 21.1. The molecule has 1 heterocycles. The van der Waals surface area contributed by atoms with Crippen LogP contribution in [0.25, 0.3) is 0 Å². The molecule has 0 N–H and O–H groups in total. The fourth-order valence-electron chi connectivity index (χ4n) is 2.13. The number of hydrogen-bond acceptors (Lipinski definition) is 4. The lowest BCUT2D eigenvalue weighted by Gasteiger charge is -2.39. The van der Waals surface area contributed by atoms with Crippen molar-refractivity contribution in [2.24, 2.45) is 0 Å². The summed E-state index contributed by atoms with van der Waals surface area (Å²) in [5, 5.41) is 10.6. The summed E-state index contributed by atoms with van der Waals surface area (Å²) < 4.78 is 13.9. The zero-order chi connectivity index (χ0) is 13.3. The molecule has 1 aromatic carbocycles. The van der Waals surface area contributed by atoms with Gasteiger partial charge in [-0.15, -0.1) is 0 Å². The Labute approximate surface area is 105 Å². The van der Waals surface area contributed by atoms with Gasteiger partial charge >= 0.3 is 0 Å². The number of nitro groups is 1. The van der Waals surface area contributed by atoms with Gasteiger partial charge in [0.25, 0.3) is 5.69 Å². The molecular weight excluding hydrogens is 237 g/mol. The largest absolute Gasteiger partial charge is 0.366 e. The summed E-state index contributed by atoms with van der Waals surface area (Å²) in [6.45, 7) is 4.40. The van der Waals surface area contributed by atoms with Gasteiger partial charge in [-0.05, 0) is 20.0 Å². The molecule has 0 spiro atoms. The molecule has 1 aliphatic heterocycles. The van der Waals surface area contributed by atoms with Gasteiger partial charge in [-0.2, -0.15) is 0 Å². The van der Waals surface area contributed by atoms with Crippen molar-refractivity contribution in [3.05, 3.63) is 34.1 Å². The maximum absolute atomic E-state index is 13.9. The van der Waals surface area contributed by atoms with Crippen molar-refractivity contribution in [1.29, 1.82) is 0 Å². The summed E-state index contributed by atoms with van der Waals surface area (Å²) in [4.78, 5) is 14.1.